The molecule has 0 spiro atoms. The number of unbranched alkanes of at least 4 members (excludes halogenated alkanes) is 15. The van der Waals surface area contributed by atoms with Crippen LogP contribution in [0.15, 0.2) is 12.2 Å². The lowest BCUT2D eigenvalue weighted by molar-refractivity contribution is -0.870. The van der Waals surface area contributed by atoms with Gasteiger partial charge in [-0.3, -0.25) is 13.8 Å². The molecular formula is C33H68N2O6P+. The fraction of sp³-hybridized carbons (Fsp3) is 0.909. The highest BCUT2D eigenvalue weighted by atomic mass is 31.2. The van der Waals surface area contributed by atoms with Gasteiger partial charge in [0.1, 0.15) is 13.2 Å². The summed E-state index contributed by atoms with van der Waals surface area (Å²) in [5.74, 6) is -0.184. The van der Waals surface area contributed by atoms with Gasteiger partial charge in [0.2, 0.25) is 5.91 Å². The molecule has 0 rings (SSSR count). The Morgan fingerprint density at radius 1 is 0.786 bits per heavy atom. The SMILES string of the molecule is CCCCCC/C=C\CCCC(=O)NC(COP(=O)(O)OCC[N+](C)(C)C)C(O)CCCCCCCCCCCCC. The number of rotatable bonds is 30. The zero-order valence-corrected chi connectivity index (χ0v) is 28.9. The minimum absolute atomic E-state index is 0.0711. The summed E-state index contributed by atoms with van der Waals surface area (Å²) in [7, 11) is 1.60. The summed E-state index contributed by atoms with van der Waals surface area (Å²) >= 11 is 0. The Morgan fingerprint density at radius 3 is 1.83 bits per heavy atom. The van der Waals surface area contributed by atoms with Gasteiger partial charge in [0.25, 0.3) is 0 Å². The van der Waals surface area contributed by atoms with Crippen LogP contribution in [0.1, 0.15) is 142 Å². The van der Waals surface area contributed by atoms with Crippen molar-refractivity contribution in [3.63, 3.8) is 0 Å². The fourth-order valence-corrected chi connectivity index (χ4v) is 5.43. The molecule has 0 aliphatic rings. The second kappa shape index (κ2) is 26.6. The number of phosphoric ester groups is 1. The summed E-state index contributed by atoms with van der Waals surface area (Å²) in [5.41, 5.74) is 0. The highest BCUT2D eigenvalue weighted by Gasteiger charge is 2.28. The van der Waals surface area contributed by atoms with Crippen molar-refractivity contribution in [3.8, 4) is 0 Å². The van der Waals surface area contributed by atoms with Crippen LogP contribution in [0.3, 0.4) is 0 Å². The second-order valence-electron chi connectivity index (χ2n) is 12.9. The largest absolute Gasteiger partial charge is 0.472 e. The Balaban J connectivity index is 4.59. The maximum atomic E-state index is 12.7. The summed E-state index contributed by atoms with van der Waals surface area (Å²) in [6.07, 6.45) is 25.3. The molecule has 1 amide bonds. The predicted molar refractivity (Wildman–Crippen MR) is 175 cm³/mol. The fourth-order valence-electron chi connectivity index (χ4n) is 4.69. The normalized spacial score (nSPS) is 15.1. The molecule has 250 valence electrons. The Morgan fingerprint density at radius 2 is 1.29 bits per heavy atom. The summed E-state index contributed by atoms with van der Waals surface area (Å²) in [6.45, 7) is 4.79. The average Bonchev–Trinajstić information content (AvgIpc) is 2.92. The number of aliphatic hydroxyl groups excluding tert-OH is 1. The van der Waals surface area contributed by atoms with Crippen molar-refractivity contribution in [1.29, 1.82) is 0 Å². The summed E-state index contributed by atoms with van der Waals surface area (Å²) < 4.78 is 23.4. The standard InChI is InChI=1S/C33H67N2O6P/c1-6-8-10-12-14-16-17-19-20-22-24-26-32(36)31(30-41-42(38,39)40-29-28-35(3,4)5)34-33(37)27-25-23-21-18-15-13-11-9-7-2/h18,21,31-32,36H,6-17,19-20,22-30H2,1-5H3,(H-,34,37,38,39)/p+1/b21-18-. The van der Waals surface area contributed by atoms with Crippen molar-refractivity contribution < 1.29 is 32.9 Å². The number of nitrogens with zero attached hydrogens (tertiary/aromatic N) is 1. The Hall–Kier alpha value is -0.760. The lowest BCUT2D eigenvalue weighted by atomic mass is 10.0. The molecule has 0 saturated carbocycles. The van der Waals surface area contributed by atoms with Gasteiger partial charge in [0.05, 0.1) is 39.9 Å². The highest BCUT2D eigenvalue weighted by Crippen LogP contribution is 2.43. The van der Waals surface area contributed by atoms with Gasteiger partial charge in [-0.15, -0.1) is 0 Å². The zero-order valence-electron chi connectivity index (χ0n) is 28.0. The summed E-state index contributed by atoms with van der Waals surface area (Å²) in [4.78, 5) is 22.8. The first kappa shape index (κ1) is 41.2. The Bertz CT molecular complexity index is 713. The number of hydrogen-bond acceptors (Lipinski definition) is 5. The average molecular weight is 620 g/mol. The van der Waals surface area contributed by atoms with E-state index in [-0.39, 0.29) is 19.1 Å². The number of aliphatic hydroxyl groups is 1. The van der Waals surface area contributed by atoms with Crippen molar-refractivity contribution in [3.05, 3.63) is 12.2 Å². The van der Waals surface area contributed by atoms with E-state index in [0.717, 1.165) is 32.1 Å². The number of quaternary nitrogens is 1. The predicted octanol–water partition coefficient (Wildman–Crippen LogP) is 8.07. The molecule has 0 aromatic carbocycles. The molecule has 42 heavy (non-hydrogen) atoms. The molecule has 0 heterocycles. The van der Waals surface area contributed by atoms with Crippen LogP contribution in [0.5, 0.6) is 0 Å². The molecule has 0 aromatic heterocycles. The van der Waals surface area contributed by atoms with E-state index in [1.807, 2.05) is 21.1 Å². The van der Waals surface area contributed by atoms with Gasteiger partial charge in [0, 0.05) is 6.42 Å². The van der Waals surface area contributed by atoms with Crippen LogP contribution in [0, 0.1) is 0 Å². The second-order valence-corrected chi connectivity index (χ2v) is 14.3. The number of amides is 1. The molecule has 3 unspecified atom stereocenters. The van der Waals surface area contributed by atoms with Crippen LogP contribution < -0.4 is 5.32 Å². The van der Waals surface area contributed by atoms with Crippen molar-refractivity contribution in [2.24, 2.45) is 0 Å². The van der Waals surface area contributed by atoms with Gasteiger partial charge in [-0.05, 0) is 32.1 Å². The third kappa shape index (κ3) is 28.0. The van der Waals surface area contributed by atoms with Crippen LogP contribution in [-0.2, 0) is 18.4 Å². The van der Waals surface area contributed by atoms with Crippen molar-refractivity contribution in [2.75, 3.05) is 40.9 Å². The lowest BCUT2D eigenvalue weighted by Crippen LogP contribution is -2.46. The van der Waals surface area contributed by atoms with E-state index >= 15 is 0 Å². The van der Waals surface area contributed by atoms with E-state index in [1.54, 1.807) is 0 Å². The summed E-state index contributed by atoms with van der Waals surface area (Å²) in [5, 5.41) is 13.7. The number of allylic oxidation sites excluding steroid dienone is 2. The monoisotopic (exact) mass is 619 g/mol. The van der Waals surface area contributed by atoms with Gasteiger partial charge < -0.3 is 19.8 Å². The molecule has 3 atom stereocenters. The maximum absolute atomic E-state index is 12.7. The van der Waals surface area contributed by atoms with Gasteiger partial charge in [-0.1, -0.05) is 116 Å². The molecule has 0 saturated heterocycles. The molecule has 8 nitrogen and oxygen atoms in total. The quantitative estimate of drug-likeness (QED) is 0.0325. The third-order valence-electron chi connectivity index (χ3n) is 7.51. The molecular weight excluding hydrogens is 551 g/mol. The number of phosphoric acid groups is 1. The molecule has 0 fully saturated rings. The minimum atomic E-state index is -4.30. The first-order chi connectivity index (χ1) is 20.0. The van der Waals surface area contributed by atoms with E-state index < -0.39 is 20.0 Å². The third-order valence-corrected chi connectivity index (χ3v) is 8.50. The van der Waals surface area contributed by atoms with Gasteiger partial charge in [-0.25, -0.2) is 4.57 Å². The van der Waals surface area contributed by atoms with E-state index in [1.165, 1.54) is 77.0 Å². The smallest absolute Gasteiger partial charge is 0.391 e. The van der Waals surface area contributed by atoms with Crippen LogP contribution in [-0.4, -0.2) is 73.4 Å². The molecule has 9 heteroatoms. The lowest BCUT2D eigenvalue weighted by Gasteiger charge is -2.26. The maximum Gasteiger partial charge on any atom is 0.472 e. The Labute approximate surface area is 259 Å². The molecule has 0 radical (unpaired) electrons. The van der Waals surface area contributed by atoms with Crippen LogP contribution in [0.2, 0.25) is 0 Å². The van der Waals surface area contributed by atoms with E-state index in [4.69, 9.17) is 9.05 Å². The number of carbonyl (C=O) groups is 1. The molecule has 0 bridgehead atoms. The number of likely N-dealkylation sites (N-methyl/N-ethyl adjacent to an activating group) is 1. The van der Waals surface area contributed by atoms with Crippen LogP contribution in [0.25, 0.3) is 0 Å². The van der Waals surface area contributed by atoms with E-state index in [2.05, 4.69) is 31.3 Å². The van der Waals surface area contributed by atoms with Crippen LogP contribution in [0.4, 0.5) is 0 Å². The number of hydrogen-bond donors (Lipinski definition) is 3. The van der Waals surface area contributed by atoms with E-state index in [0.29, 0.717) is 30.3 Å². The topological polar surface area (TPSA) is 105 Å². The van der Waals surface area contributed by atoms with Gasteiger partial charge in [0.15, 0.2) is 0 Å². The molecule has 0 aliphatic carbocycles. The molecule has 3 N–H and O–H groups in total. The first-order valence-electron chi connectivity index (χ1n) is 17.1. The van der Waals surface area contributed by atoms with Crippen molar-refractivity contribution in [1.82, 2.24) is 5.32 Å². The van der Waals surface area contributed by atoms with E-state index in [9.17, 15) is 19.4 Å². The van der Waals surface area contributed by atoms with Gasteiger partial charge in [-0.2, -0.15) is 0 Å². The highest BCUT2D eigenvalue weighted by molar-refractivity contribution is 7.47. The van der Waals surface area contributed by atoms with Crippen LogP contribution >= 0.6 is 7.82 Å². The Kier molecular flexibility index (Phi) is 26.1. The number of nitrogens with one attached hydrogen (secondary N) is 1. The van der Waals surface area contributed by atoms with Gasteiger partial charge >= 0.3 is 7.82 Å². The van der Waals surface area contributed by atoms with Crippen molar-refractivity contribution in [2.45, 2.75) is 154 Å². The zero-order chi connectivity index (χ0) is 31.5. The minimum Gasteiger partial charge on any atom is -0.391 e. The molecule has 0 aromatic rings. The number of carbonyl (C=O) groups excluding carboxylic acids is 1. The van der Waals surface area contributed by atoms with Crippen molar-refractivity contribution >= 4 is 13.7 Å². The first-order valence-corrected chi connectivity index (χ1v) is 18.5. The molecule has 0 aliphatic heterocycles. The summed E-state index contributed by atoms with van der Waals surface area (Å²) in [6, 6.07) is -0.766.